The van der Waals surface area contributed by atoms with E-state index in [1.165, 1.54) is 18.2 Å². The van der Waals surface area contributed by atoms with E-state index in [-0.39, 0.29) is 28.4 Å². The Morgan fingerprint density at radius 2 is 2.00 bits per heavy atom. The molecule has 0 aliphatic carbocycles. The molecule has 0 bridgehead atoms. The fourth-order valence-corrected chi connectivity index (χ4v) is 4.30. The predicted octanol–water partition coefficient (Wildman–Crippen LogP) is 3.96. The maximum atomic E-state index is 13.3. The molecule has 7 nitrogen and oxygen atoms in total. The first-order valence-corrected chi connectivity index (χ1v) is 10.6. The molecule has 0 radical (unpaired) electrons. The van der Waals surface area contributed by atoms with Gasteiger partial charge in [-0.15, -0.1) is 0 Å². The molecule has 0 saturated carbocycles. The number of carbonyl (C=O) groups excluding carboxylic acids is 2. The second-order valence-corrected chi connectivity index (χ2v) is 8.31. The van der Waals surface area contributed by atoms with Crippen molar-refractivity contribution in [3.8, 4) is 11.3 Å². The lowest BCUT2D eigenvalue weighted by atomic mass is 10.0. The first kappa shape index (κ1) is 21.8. The zero-order valence-corrected chi connectivity index (χ0v) is 18.3. The maximum Gasteiger partial charge on any atom is 0.270 e. The third-order valence-electron chi connectivity index (χ3n) is 5.89. The molecule has 1 aromatic carbocycles. The van der Waals surface area contributed by atoms with Crippen LogP contribution < -0.4 is 10.9 Å². The Hall–Kier alpha value is -3.39. The average molecular weight is 457 g/mol. The number of hydrogen-bond donors (Lipinski definition) is 3. The SMILES string of the molecule is Cc1cc[nH]c(=O)c1-c1ccc(C(=O)N2CC[C@H](C(=O)Nc3ccc(F)c(Cl)c3)[C@@H]2C)[nH]1. The van der Waals surface area contributed by atoms with Crippen molar-refractivity contribution in [2.24, 2.45) is 5.92 Å². The van der Waals surface area contributed by atoms with Gasteiger partial charge in [-0.3, -0.25) is 14.4 Å². The molecular formula is C23H22ClFN4O3. The molecule has 2 aromatic heterocycles. The smallest absolute Gasteiger partial charge is 0.270 e. The van der Waals surface area contributed by atoms with Crippen LogP contribution in [0, 0.1) is 18.7 Å². The van der Waals surface area contributed by atoms with Crippen molar-refractivity contribution in [2.75, 3.05) is 11.9 Å². The van der Waals surface area contributed by atoms with Crippen LogP contribution in [0.4, 0.5) is 10.1 Å². The van der Waals surface area contributed by atoms with Crippen molar-refractivity contribution in [3.63, 3.8) is 0 Å². The summed E-state index contributed by atoms with van der Waals surface area (Å²) in [5.41, 5.74) is 2.34. The molecule has 9 heteroatoms. The summed E-state index contributed by atoms with van der Waals surface area (Å²) in [5.74, 6) is -1.48. The van der Waals surface area contributed by atoms with Crippen LogP contribution in [-0.4, -0.2) is 39.3 Å². The monoisotopic (exact) mass is 456 g/mol. The number of anilines is 1. The molecular weight excluding hydrogens is 435 g/mol. The van der Waals surface area contributed by atoms with Crippen LogP contribution in [0.25, 0.3) is 11.3 Å². The molecule has 1 saturated heterocycles. The summed E-state index contributed by atoms with van der Waals surface area (Å²) in [6, 6.07) is 8.78. The van der Waals surface area contributed by atoms with Crippen LogP contribution in [0.3, 0.4) is 0 Å². The molecule has 1 fully saturated rings. The zero-order valence-electron chi connectivity index (χ0n) is 17.5. The number of halogens is 2. The highest BCUT2D eigenvalue weighted by atomic mass is 35.5. The van der Waals surface area contributed by atoms with E-state index in [4.69, 9.17) is 11.6 Å². The number of amides is 2. The third kappa shape index (κ3) is 4.05. The highest BCUT2D eigenvalue weighted by Crippen LogP contribution is 2.28. The van der Waals surface area contributed by atoms with Gasteiger partial charge in [-0.05, 0) is 62.2 Å². The molecule has 3 N–H and O–H groups in total. The molecule has 3 aromatic rings. The largest absolute Gasteiger partial charge is 0.350 e. The normalized spacial score (nSPS) is 18.1. The summed E-state index contributed by atoms with van der Waals surface area (Å²) in [7, 11) is 0. The molecule has 1 aliphatic rings. The highest BCUT2D eigenvalue weighted by Gasteiger charge is 2.38. The van der Waals surface area contributed by atoms with Crippen LogP contribution in [-0.2, 0) is 4.79 Å². The Morgan fingerprint density at radius 1 is 1.22 bits per heavy atom. The molecule has 1 aliphatic heterocycles. The molecule has 2 amide bonds. The van der Waals surface area contributed by atoms with Crippen LogP contribution in [0.2, 0.25) is 5.02 Å². The van der Waals surface area contributed by atoms with Gasteiger partial charge in [0.25, 0.3) is 11.5 Å². The van der Waals surface area contributed by atoms with E-state index < -0.39 is 11.7 Å². The van der Waals surface area contributed by atoms with Gasteiger partial charge in [0.05, 0.1) is 22.2 Å². The second kappa shape index (κ2) is 8.63. The lowest BCUT2D eigenvalue weighted by Crippen LogP contribution is -2.39. The number of aryl methyl sites for hydroxylation is 1. The number of aromatic amines is 2. The van der Waals surface area contributed by atoms with Gasteiger partial charge >= 0.3 is 0 Å². The van der Waals surface area contributed by atoms with E-state index in [0.717, 1.165) is 5.56 Å². The maximum absolute atomic E-state index is 13.3. The van der Waals surface area contributed by atoms with Gasteiger partial charge < -0.3 is 20.2 Å². The van der Waals surface area contributed by atoms with Crippen molar-refractivity contribution < 1.29 is 14.0 Å². The van der Waals surface area contributed by atoms with Gasteiger partial charge in [0.15, 0.2) is 0 Å². The molecule has 166 valence electrons. The molecule has 4 rings (SSSR count). The van der Waals surface area contributed by atoms with Gasteiger partial charge in [-0.2, -0.15) is 0 Å². The van der Waals surface area contributed by atoms with Gasteiger partial charge in [-0.1, -0.05) is 11.6 Å². The Bertz CT molecular complexity index is 1250. The summed E-state index contributed by atoms with van der Waals surface area (Å²) in [4.78, 5) is 45.4. The van der Waals surface area contributed by atoms with Crippen LogP contribution in [0.15, 0.2) is 47.4 Å². The number of carbonyl (C=O) groups is 2. The zero-order chi connectivity index (χ0) is 23.0. The molecule has 0 spiro atoms. The summed E-state index contributed by atoms with van der Waals surface area (Å²) < 4.78 is 13.3. The fraction of sp³-hybridized carbons (Fsp3) is 0.261. The summed E-state index contributed by atoms with van der Waals surface area (Å²) in [6.07, 6.45) is 2.08. The first-order chi connectivity index (χ1) is 15.3. The highest BCUT2D eigenvalue weighted by molar-refractivity contribution is 6.31. The Labute approximate surface area is 188 Å². The average Bonchev–Trinajstić information content (AvgIpc) is 3.37. The standard InChI is InChI=1S/C23H22ClFN4O3/c1-12-7-9-26-22(31)20(12)18-5-6-19(28-18)23(32)29-10-8-15(13(29)2)21(30)27-14-3-4-17(25)16(24)11-14/h3-7,9,11,13,15,28H,8,10H2,1-2H3,(H,26,31)(H,27,30)/t13-,15-/m0/s1. The topological polar surface area (TPSA) is 98.1 Å². The number of rotatable bonds is 4. The minimum Gasteiger partial charge on any atom is -0.350 e. The number of aromatic nitrogens is 2. The third-order valence-corrected chi connectivity index (χ3v) is 6.18. The predicted molar refractivity (Wildman–Crippen MR) is 120 cm³/mol. The van der Waals surface area contributed by atoms with E-state index in [1.54, 1.807) is 29.3 Å². The number of likely N-dealkylation sites (tertiary alicyclic amines) is 1. The molecule has 2 atom stereocenters. The number of nitrogens with one attached hydrogen (secondary N) is 3. The number of pyridine rings is 1. The lowest BCUT2D eigenvalue weighted by Gasteiger charge is -2.24. The number of benzene rings is 1. The van der Waals surface area contributed by atoms with Crippen LogP contribution in [0.1, 0.15) is 29.4 Å². The van der Waals surface area contributed by atoms with E-state index in [1.807, 2.05) is 13.8 Å². The number of H-pyrrole nitrogens is 2. The summed E-state index contributed by atoms with van der Waals surface area (Å²) in [6.45, 7) is 4.07. The molecule has 0 unspecified atom stereocenters. The quantitative estimate of drug-likeness (QED) is 0.554. The van der Waals surface area contributed by atoms with E-state index >= 15 is 0 Å². The van der Waals surface area contributed by atoms with Crippen LogP contribution >= 0.6 is 11.6 Å². The van der Waals surface area contributed by atoms with E-state index in [9.17, 15) is 18.8 Å². The Balaban J connectivity index is 1.48. The Kier molecular flexibility index (Phi) is 5.88. The second-order valence-electron chi connectivity index (χ2n) is 7.90. The summed E-state index contributed by atoms with van der Waals surface area (Å²) >= 11 is 5.78. The van der Waals surface area contributed by atoms with Gasteiger partial charge in [-0.25, -0.2) is 4.39 Å². The van der Waals surface area contributed by atoms with Gasteiger partial charge in [0.2, 0.25) is 5.91 Å². The minimum atomic E-state index is -0.561. The minimum absolute atomic E-state index is 0.0749. The van der Waals surface area contributed by atoms with Crippen molar-refractivity contribution in [3.05, 3.63) is 75.0 Å². The van der Waals surface area contributed by atoms with Crippen molar-refractivity contribution in [2.45, 2.75) is 26.3 Å². The molecule has 3 heterocycles. The van der Waals surface area contributed by atoms with Gasteiger partial charge in [0, 0.05) is 24.5 Å². The van der Waals surface area contributed by atoms with Gasteiger partial charge in [0.1, 0.15) is 11.5 Å². The number of nitrogens with zero attached hydrogens (tertiary/aromatic N) is 1. The van der Waals surface area contributed by atoms with Crippen LogP contribution in [0.5, 0.6) is 0 Å². The summed E-state index contributed by atoms with van der Waals surface area (Å²) in [5, 5.41) is 2.67. The van der Waals surface area contributed by atoms with Crippen molar-refractivity contribution in [1.82, 2.24) is 14.9 Å². The van der Waals surface area contributed by atoms with Crippen molar-refractivity contribution in [1.29, 1.82) is 0 Å². The van der Waals surface area contributed by atoms with E-state index in [2.05, 4.69) is 15.3 Å². The van der Waals surface area contributed by atoms with Crippen molar-refractivity contribution >= 4 is 29.1 Å². The van der Waals surface area contributed by atoms with E-state index in [0.29, 0.717) is 35.6 Å². The Morgan fingerprint density at radius 3 is 2.72 bits per heavy atom. The number of hydrogen-bond acceptors (Lipinski definition) is 3. The fourth-order valence-electron chi connectivity index (χ4n) is 4.12. The first-order valence-electron chi connectivity index (χ1n) is 10.2. The molecule has 32 heavy (non-hydrogen) atoms. The lowest BCUT2D eigenvalue weighted by molar-refractivity contribution is -0.120.